The highest BCUT2D eigenvalue weighted by atomic mass is 16.5. The number of hydrogen-bond acceptors (Lipinski definition) is 5. The topological polar surface area (TPSA) is 84.3 Å². The predicted octanol–water partition coefficient (Wildman–Crippen LogP) is 1.63. The van der Waals surface area contributed by atoms with E-state index >= 15 is 0 Å². The standard InChI is InChI=1S/C15H21N3O3/c1-2-21-15(6-3-4-7-15)14-17-11-5-8-16-9-10(11)12(18-14)13(19)20/h16H,2-9H2,1H3,(H,19,20). The van der Waals surface area contributed by atoms with Crippen molar-refractivity contribution < 1.29 is 14.6 Å². The van der Waals surface area contributed by atoms with E-state index in [0.29, 0.717) is 19.0 Å². The molecule has 0 aromatic carbocycles. The second-order valence-electron chi connectivity index (χ2n) is 5.69. The van der Waals surface area contributed by atoms with E-state index in [1.54, 1.807) is 0 Å². The fourth-order valence-electron chi connectivity index (χ4n) is 3.38. The SMILES string of the molecule is CCOC1(c2nc3c(c(C(=O)O)n2)CNCC3)CCCC1. The average Bonchev–Trinajstić information content (AvgIpc) is 2.96. The quantitative estimate of drug-likeness (QED) is 0.877. The Balaban J connectivity index is 2.10. The Labute approximate surface area is 123 Å². The van der Waals surface area contributed by atoms with Crippen molar-refractivity contribution in [2.24, 2.45) is 0 Å². The Kier molecular flexibility index (Phi) is 3.91. The number of fused-ring (bicyclic) bond motifs is 1. The number of carboxylic acids is 1. The molecule has 2 heterocycles. The maximum atomic E-state index is 11.5. The minimum atomic E-state index is -0.983. The monoisotopic (exact) mass is 291 g/mol. The van der Waals surface area contributed by atoms with Crippen molar-refractivity contribution in [3.63, 3.8) is 0 Å². The van der Waals surface area contributed by atoms with E-state index in [4.69, 9.17) is 4.74 Å². The van der Waals surface area contributed by atoms with Gasteiger partial charge in [0.15, 0.2) is 11.5 Å². The summed E-state index contributed by atoms with van der Waals surface area (Å²) in [5.41, 5.74) is 1.23. The number of nitrogens with zero attached hydrogens (tertiary/aromatic N) is 2. The van der Waals surface area contributed by atoms with Gasteiger partial charge in [-0.15, -0.1) is 0 Å². The fourth-order valence-corrected chi connectivity index (χ4v) is 3.38. The molecule has 3 rings (SSSR count). The molecule has 2 N–H and O–H groups in total. The molecule has 0 unspecified atom stereocenters. The Hall–Kier alpha value is -1.53. The molecule has 1 aromatic heterocycles. The molecule has 2 aliphatic rings. The van der Waals surface area contributed by atoms with Crippen LogP contribution in [0.15, 0.2) is 0 Å². The molecule has 1 saturated carbocycles. The van der Waals surface area contributed by atoms with E-state index < -0.39 is 11.6 Å². The van der Waals surface area contributed by atoms with Crippen LogP contribution < -0.4 is 5.32 Å². The number of nitrogens with one attached hydrogen (secondary N) is 1. The number of ether oxygens (including phenoxy) is 1. The highest BCUT2D eigenvalue weighted by Gasteiger charge is 2.40. The smallest absolute Gasteiger partial charge is 0.354 e. The summed E-state index contributed by atoms with van der Waals surface area (Å²) >= 11 is 0. The molecule has 114 valence electrons. The zero-order chi connectivity index (χ0) is 14.9. The lowest BCUT2D eigenvalue weighted by atomic mass is 9.98. The minimum Gasteiger partial charge on any atom is -0.476 e. The van der Waals surface area contributed by atoms with Gasteiger partial charge in [0.05, 0.1) is 5.69 Å². The molecule has 1 aromatic rings. The van der Waals surface area contributed by atoms with Crippen molar-refractivity contribution in [1.82, 2.24) is 15.3 Å². The normalized spacial score (nSPS) is 20.2. The number of hydrogen-bond donors (Lipinski definition) is 2. The van der Waals surface area contributed by atoms with Crippen LogP contribution in [-0.4, -0.2) is 34.2 Å². The molecular formula is C15H21N3O3. The lowest BCUT2D eigenvalue weighted by Crippen LogP contribution is -2.34. The van der Waals surface area contributed by atoms with Crippen LogP contribution in [0.2, 0.25) is 0 Å². The Bertz CT molecular complexity index is 553. The summed E-state index contributed by atoms with van der Waals surface area (Å²) in [5, 5.41) is 12.6. The summed E-state index contributed by atoms with van der Waals surface area (Å²) < 4.78 is 5.97. The molecule has 1 fully saturated rings. The number of carbonyl (C=O) groups is 1. The van der Waals surface area contributed by atoms with Crippen LogP contribution in [0.4, 0.5) is 0 Å². The molecule has 6 heteroatoms. The van der Waals surface area contributed by atoms with E-state index in [2.05, 4.69) is 15.3 Å². The number of rotatable bonds is 4. The number of carboxylic acid groups (broad SMARTS) is 1. The third-order valence-electron chi connectivity index (χ3n) is 4.38. The number of aromatic nitrogens is 2. The van der Waals surface area contributed by atoms with Crippen molar-refractivity contribution >= 4 is 5.97 Å². The molecule has 21 heavy (non-hydrogen) atoms. The Morgan fingerprint density at radius 2 is 2.14 bits per heavy atom. The summed E-state index contributed by atoms with van der Waals surface area (Å²) in [5.74, 6) is -0.414. The molecule has 0 spiro atoms. The first-order valence-corrected chi connectivity index (χ1v) is 7.64. The first kappa shape index (κ1) is 14.4. The van der Waals surface area contributed by atoms with Crippen molar-refractivity contribution in [1.29, 1.82) is 0 Å². The predicted molar refractivity (Wildman–Crippen MR) is 76.2 cm³/mol. The van der Waals surface area contributed by atoms with E-state index in [1.165, 1.54) is 0 Å². The van der Waals surface area contributed by atoms with Crippen molar-refractivity contribution in [2.75, 3.05) is 13.2 Å². The van der Waals surface area contributed by atoms with Gasteiger partial charge in [-0.2, -0.15) is 0 Å². The molecule has 0 saturated heterocycles. The number of aromatic carboxylic acids is 1. The molecule has 0 amide bonds. The van der Waals surface area contributed by atoms with Gasteiger partial charge in [-0.25, -0.2) is 14.8 Å². The van der Waals surface area contributed by atoms with Gasteiger partial charge in [0, 0.05) is 31.7 Å². The highest BCUT2D eigenvalue weighted by molar-refractivity contribution is 5.87. The van der Waals surface area contributed by atoms with Gasteiger partial charge < -0.3 is 15.2 Å². The van der Waals surface area contributed by atoms with Crippen LogP contribution in [-0.2, 0) is 23.3 Å². The van der Waals surface area contributed by atoms with Crippen molar-refractivity contribution in [2.45, 2.75) is 51.2 Å². The van der Waals surface area contributed by atoms with Crippen LogP contribution in [0.1, 0.15) is 60.2 Å². The molecule has 0 bridgehead atoms. The first-order chi connectivity index (χ1) is 10.2. The van der Waals surface area contributed by atoms with E-state index in [0.717, 1.165) is 49.9 Å². The van der Waals surface area contributed by atoms with Gasteiger partial charge >= 0.3 is 5.97 Å². The van der Waals surface area contributed by atoms with E-state index in [-0.39, 0.29) is 5.69 Å². The van der Waals surface area contributed by atoms with Crippen LogP contribution in [0, 0.1) is 0 Å². The van der Waals surface area contributed by atoms with Crippen LogP contribution >= 0.6 is 0 Å². The van der Waals surface area contributed by atoms with Gasteiger partial charge in [0.2, 0.25) is 0 Å². The van der Waals surface area contributed by atoms with Crippen LogP contribution in [0.5, 0.6) is 0 Å². The first-order valence-electron chi connectivity index (χ1n) is 7.64. The zero-order valence-corrected chi connectivity index (χ0v) is 12.3. The lowest BCUT2D eigenvalue weighted by Gasteiger charge is -2.29. The summed E-state index contributed by atoms with van der Waals surface area (Å²) in [6, 6.07) is 0. The van der Waals surface area contributed by atoms with Crippen LogP contribution in [0.3, 0.4) is 0 Å². The third-order valence-corrected chi connectivity index (χ3v) is 4.38. The fraction of sp³-hybridized carbons (Fsp3) is 0.667. The molecule has 1 aliphatic heterocycles. The van der Waals surface area contributed by atoms with Crippen molar-refractivity contribution in [3.05, 3.63) is 22.8 Å². The Morgan fingerprint density at radius 3 is 2.81 bits per heavy atom. The maximum Gasteiger partial charge on any atom is 0.354 e. The van der Waals surface area contributed by atoms with E-state index in [9.17, 15) is 9.90 Å². The van der Waals surface area contributed by atoms with Gasteiger partial charge in [-0.1, -0.05) is 0 Å². The molecule has 1 aliphatic carbocycles. The molecule has 0 radical (unpaired) electrons. The van der Waals surface area contributed by atoms with Gasteiger partial charge in [-0.3, -0.25) is 0 Å². The summed E-state index contributed by atoms with van der Waals surface area (Å²) in [7, 11) is 0. The Morgan fingerprint density at radius 1 is 1.38 bits per heavy atom. The minimum absolute atomic E-state index is 0.133. The second-order valence-corrected chi connectivity index (χ2v) is 5.69. The largest absolute Gasteiger partial charge is 0.476 e. The molecule has 0 atom stereocenters. The lowest BCUT2D eigenvalue weighted by molar-refractivity contribution is -0.0460. The van der Waals surface area contributed by atoms with Gasteiger partial charge in [0.1, 0.15) is 5.60 Å². The van der Waals surface area contributed by atoms with Crippen molar-refractivity contribution in [3.8, 4) is 0 Å². The van der Waals surface area contributed by atoms with Gasteiger partial charge in [-0.05, 0) is 32.6 Å². The average molecular weight is 291 g/mol. The molecule has 6 nitrogen and oxygen atoms in total. The third kappa shape index (κ3) is 2.53. The van der Waals surface area contributed by atoms with Crippen LogP contribution in [0.25, 0.3) is 0 Å². The maximum absolute atomic E-state index is 11.5. The summed E-state index contributed by atoms with van der Waals surface area (Å²) in [6.07, 6.45) is 4.63. The van der Waals surface area contributed by atoms with Gasteiger partial charge in [0.25, 0.3) is 0 Å². The summed E-state index contributed by atoms with van der Waals surface area (Å²) in [6.45, 7) is 3.90. The molecular weight excluding hydrogens is 270 g/mol. The highest BCUT2D eigenvalue weighted by Crippen LogP contribution is 2.41. The summed E-state index contributed by atoms with van der Waals surface area (Å²) in [4.78, 5) is 20.6. The second kappa shape index (κ2) is 5.69. The van der Waals surface area contributed by atoms with E-state index in [1.807, 2.05) is 6.92 Å². The zero-order valence-electron chi connectivity index (χ0n) is 12.3.